The Hall–Kier alpha value is -3.31. The monoisotopic (exact) mass is 570 g/mol. The summed E-state index contributed by atoms with van der Waals surface area (Å²) in [5.41, 5.74) is 7.51. The van der Waals surface area contributed by atoms with E-state index in [0.29, 0.717) is 38.2 Å². The van der Waals surface area contributed by atoms with Gasteiger partial charge in [-0.25, -0.2) is 10.6 Å². The van der Waals surface area contributed by atoms with E-state index in [0.717, 1.165) is 5.56 Å². The highest BCUT2D eigenvalue weighted by Gasteiger charge is 2.53. The summed E-state index contributed by atoms with van der Waals surface area (Å²) in [7, 11) is 1.71. The minimum absolute atomic E-state index is 0.0134. The van der Waals surface area contributed by atoms with Crippen molar-refractivity contribution in [1.82, 2.24) is 30.8 Å². The lowest BCUT2D eigenvalue weighted by molar-refractivity contribution is -0.141. The number of rotatable bonds is 10. The zero-order chi connectivity index (χ0) is 30.5. The fourth-order valence-electron chi connectivity index (χ4n) is 5.82. The largest absolute Gasteiger partial charge is 0.401 e. The first kappa shape index (κ1) is 32.2. The smallest absolute Gasteiger partial charge is 0.317 e. The Kier molecular flexibility index (Phi) is 10.7. The van der Waals surface area contributed by atoms with Gasteiger partial charge in [-0.1, -0.05) is 51.1 Å². The van der Waals surface area contributed by atoms with Crippen molar-refractivity contribution in [1.29, 1.82) is 0 Å². The number of likely N-dealkylation sites (tertiary alicyclic amines) is 2. The zero-order valence-electron chi connectivity index (χ0n) is 25.7. The molecule has 3 rings (SSSR count). The maximum absolute atomic E-state index is 14.1. The van der Waals surface area contributed by atoms with Crippen LogP contribution in [0, 0.1) is 11.3 Å². The van der Waals surface area contributed by atoms with Gasteiger partial charge in [0.2, 0.25) is 11.8 Å². The predicted molar refractivity (Wildman–Crippen MR) is 161 cm³/mol. The Bertz CT molecular complexity index is 1090. The molecule has 0 bridgehead atoms. The first-order chi connectivity index (χ1) is 19.2. The fraction of sp³-hybridized carbons (Fsp3) is 0.633. The summed E-state index contributed by atoms with van der Waals surface area (Å²) in [6.07, 6.45) is 2.96. The minimum atomic E-state index is -0.723. The van der Waals surface area contributed by atoms with E-state index in [-0.39, 0.29) is 41.9 Å². The molecule has 4 amide bonds. The molecule has 0 saturated carbocycles. The van der Waals surface area contributed by atoms with Crippen LogP contribution in [0.2, 0.25) is 0 Å². The molecule has 5 atom stereocenters. The van der Waals surface area contributed by atoms with Gasteiger partial charge >= 0.3 is 6.03 Å². The van der Waals surface area contributed by atoms with Crippen molar-refractivity contribution in [2.75, 3.05) is 26.7 Å². The van der Waals surface area contributed by atoms with E-state index >= 15 is 0 Å². The number of nitrogens with two attached hydrogens (primary N) is 2. The third-order valence-corrected chi connectivity index (χ3v) is 7.94. The molecular weight excluding hydrogens is 520 g/mol. The van der Waals surface area contributed by atoms with E-state index < -0.39 is 17.5 Å². The standard InChI is InChI=1S/C30H50N8O3/c1-19(2)34-29(41)38-17-22(16-36(32)18-23(31)15-21-11-9-8-10-12-21)25-24(38)13-14-37(25)28(40)26(30(4,5)6)35-27(39)20(3)33-7/h8-12,18-20,22,24-26,33H,13-17,31-32H2,1-7H3,(H,34,41)(H,35,39)/b23-18-/t20-,22-,24?,25+,26?/m0/s1. The second-order valence-electron chi connectivity index (χ2n) is 12.8. The number of likely N-dealkylation sites (N-methyl/N-ethyl adjacent to an activating group) is 1. The Labute approximate surface area is 245 Å². The molecule has 0 aromatic heterocycles. The zero-order valence-corrected chi connectivity index (χ0v) is 25.7. The van der Waals surface area contributed by atoms with Crippen molar-refractivity contribution >= 4 is 17.8 Å². The van der Waals surface area contributed by atoms with Gasteiger partial charge in [-0.05, 0) is 45.2 Å². The lowest BCUT2D eigenvalue weighted by atomic mass is 9.85. The second kappa shape index (κ2) is 13.6. The SMILES string of the molecule is CN[C@@H](C)C(=O)NC(C(=O)N1CCC2[C@H]1[C@@H](CN(N)/C=C(\N)Cc1ccccc1)CN2C(=O)NC(C)C)C(C)(C)C. The van der Waals surface area contributed by atoms with Crippen LogP contribution in [0.1, 0.15) is 53.5 Å². The Balaban J connectivity index is 1.85. The topological polar surface area (TPSA) is 149 Å². The molecule has 11 heteroatoms. The van der Waals surface area contributed by atoms with Gasteiger partial charge in [0.1, 0.15) is 6.04 Å². The Morgan fingerprint density at radius 2 is 1.76 bits per heavy atom. The number of hydrogen-bond acceptors (Lipinski definition) is 7. The van der Waals surface area contributed by atoms with Crippen molar-refractivity contribution in [3.63, 3.8) is 0 Å². The number of carbonyl (C=O) groups is 3. The third-order valence-electron chi connectivity index (χ3n) is 7.94. The highest BCUT2D eigenvalue weighted by molar-refractivity contribution is 5.90. The second-order valence-corrected chi connectivity index (χ2v) is 12.8. The van der Waals surface area contributed by atoms with Crippen LogP contribution in [0.3, 0.4) is 0 Å². The molecular formula is C30H50N8O3. The van der Waals surface area contributed by atoms with E-state index in [1.807, 2.05) is 74.8 Å². The van der Waals surface area contributed by atoms with E-state index in [1.54, 1.807) is 25.2 Å². The molecule has 0 aliphatic carbocycles. The van der Waals surface area contributed by atoms with Crippen LogP contribution in [0.25, 0.3) is 0 Å². The average Bonchev–Trinajstić information content (AvgIpc) is 3.47. The molecule has 7 N–H and O–H groups in total. The van der Waals surface area contributed by atoms with E-state index in [4.69, 9.17) is 11.6 Å². The van der Waals surface area contributed by atoms with Gasteiger partial charge < -0.3 is 36.5 Å². The molecule has 0 spiro atoms. The fourth-order valence-corrected chi connectivity index (χ4v) is 5.82. The first-order valence-corrected chi connectivity index (χ1v) is 14.6. The first-order valence-electron chi connectivity index (χ1n) is 14.6. The number of urea groups is 1. The summed E-state index contributed by atoms with van der Waals surface area (Å²) in [6, 6.07) is 8.23. The minimum Gasteiger partial charge on any atom is -0.401 e. The van der Waals surface area contributed by atoms with E-state index in [2.05, 4.69) is 16.0 Å². The maximum atomic E-state index is 14.1. The molecule has 228 valence electrons. The highest BCUT2D eigenvalue weighted by atomic mass is 16.2. The average molecular weight is 571 g/mol. The summed E-state index contributed by atoms with van der Waals surface area (Å²) in [5.74, 6) is 5.97. The number of hydrazine groups is 1. The number of hydrogen-bond donors (Lipinski definition) is 5. The van der Waals surface area contributed by atoms with Gasteiger partial charge in [-0.2, -0.15) is 0 Å². The Morgan fingerprint density at radius 3 is 2.34 bits per heavy atom. The molecule has 41 heavy (non-hydrogen) atoms. The summed E-state index contributed by atoms with van der Waals surface area (Å²) < 4.78 is 0. The predicted octanol–water partition coefficient (Wildman–Crippen LogP) is 1.36. The molecule has 2 aliphatic heterocycles. The van der Waals surface area contributed by atoms with Crippen LogP contribution in [0.15, 0.2) is 42.2 Å². The molecule has 2 aliphatic rings. The van der Waals surface area contributed by atoms with E-state index in [9.17, 15) is 14.4 Å². The Morgan fingerprint density at radius 1 is 1.10 bits per heavy atom. The third kappa shape index (κ3) is 8.13. The maximum Gasteiger partial charge on any atom is 0.317 e. The van der Waals surface area contributed by atoms with Gasteiger partial charge in [-0.3, -0.25) is 9.59 Å². The van der Waals surface area contributed by atoms with Crippen LogP contribution >= 0.6 is 0 Å². The van der Waals surface area contributed by atoms with Gasteiger partial charge in [0.05, 0.1) is 18.1 Å². The summed E-state index contributed by atoms with van der Waals surface area (Å²) >= 11 is 0. The summed E-state index contributed by atoms with van der Waals surface area (Å²) in [4.78, 5) is 43.9. The number of amides is 4. The number of carbonyl (C=O) groups excluding carboxylic acids is 3. The van der Waals surface area contributed by atoms with E-state index in [1.165, 1.54) is 0 Å². The van der Waals surface area contributed by atoms with Gasteiger partial charge in [-0.15, -0.1) is 0 Å². The van der Waals surface area contributed by atoms with Crippen molar-refractivity contribution in [3.05, 3.63) is 47.8 Å². The van der Waals surface area contributed by atoms with Gasteiger partial charge in [0.15, 0.2) is 0 Å². The summed E-state index contributed by atoms with van der Waals surface area (Å²) in [6.45, 7) is 12.8. The van der Waals surface area contributed by atoms with Crippen molar-refractivity contribution in [2.45, 2.75) is 84.6 Å². The van der Waals surface area contributed by atoms with Crippen LogP contribution in [-0.2, 0) is 16.0 Å². The highest BCUT2D eigenvalue weighted by Crippen LogP contribution is 2.37. The molecule has 2 saturated heterocycles. The molecule has 11 nitrogen and oxygen atoms in total. The molecule has 1 aromatic carbocycles. The molecule has 2 heterocycles. The number of benzene rings is 1. The summed E-state index contributed by atoms with van der Waals surface area (Å²) in [5, 5.41) is 10.5. The van der Waals surface area contributed by atoms with Crippen molar-refractivity contribution in [2.24, 2.45) is 22.9 Å². The number of nitrogens with zero attached hydrogens (tertiary/aromatic N) is 3. The number of fused-ring (bicyclic) bond motifs is 1. The van der Waals surface area contributed by atoms with Gasteiger partial charge in [0.25, 0.3) is 0 Å². The van der Waals surface area contributed by atoms with Crippen molar-refractivity contribution < 1.29 is 14.4 Å². The van der Waals surface area contributed by atoms with Crippen LogP contribution in [0.5, 0.6) is 0 Å². The molecule has 0 radical (unpaired) electrons. The van der Waals surface area contributed by atoms with Crippen LogP contribution in [-0.4, -0.2) is 89.5 Å². The number of allylic oxidation sites excluding steroid dienone is 1. The van der Waals surface area contributed by atoms with Gasteiger partial charge in [0, 0.05) is 49.9 Å². The molecule has 2 fully saturated rings. The lowest BCUT2D eigenvalue weighted by Crippen LogP contribution is -2.59. The van der Waals surface area contributed by atoms with Crippen LogP contribution in [0.4, 0.5) is 4.79 Å². The normalized spacial score (nSPS) is 22.4. The lowest BCUT2D eigenvalue weighted by Gasteiger charge is -2.37. The molecule has 1 aromatic rings. The molecule has 2 unspecified atom stereocenters. The van der Waals surface area contributed by atoms with Crippen LogP contribution < -0.4 is 27.5 Å². The number of nitrogens with one attached hydrogen (secondary N) is 3. The quantitative estimate of drug-likeness (QED) is 0.211. The van der Waals surface area contributed by atoms with Crippen molar-refractivity contribution in [3.8, 4) is 0 Å².